The summed E-state index contributed by atoms with van der Waals surface area (Å²) in [7, 11) is -2.67. The van der Waals surface area contributed by atoms with Gasteiger partial charge in [-0.15, -0.1) is 11.3 Å². The predicted molar refractivity (Wildman–Crippen MR) is 121 cm³/mol. The van der Waals surface area contributed by atoms with Crippen molar-refractivity contribution in [2.24, 2.45) is 0 Å². The number of fused-ring (bicyclic) bond motifs is 2. The first-order valence-electron chi connectivity index (χ1n) is 10.1. The van der Waals surface area contributed by atoms with E-state index in [2.05, 4.69) is 0 Å². The van der Waals surface area contributed by atoms with E-state index in [0.29, 0.717) is 43.6 Å². The lowest BCUT2D eigenvalue weighted by Crippen LogP contribution is -2.46. The van der Waals surface area contributed by atoms with Crippen molar-refractivity contribution in [3.05, 3.63) is 52.7 Å². The molecule has 0 N–H and O–H groups in total. The molecule has 7 heteroatoms. The van der Waals surface area contributed by atoms with E-state index in [1.807, 2.05) is 63.2 Å². The molecule has 0 radical (unpaired) electrons. The average molecular weight is 433 g/mol. The van der Waals surface area contributed by atoms with Gasteiger partial charge in [0.15, 0.2) is 5.43 Å². The lowest BCUT2D eigenvalue weighted by atomic mass is 10.1. The Morgan fingerprint density at radius 2 is 1.52 bits per heavy atom. The monoisotopic (exact) mass is 432 g/mol. The lowest BCUT2D eigenvalue weighted by Gasteiger charge is -2.28. The van der Waals surface area contributed by atoms with Crippen molar-refractivity contribution in [1.29, 1.82) is 0 Å². The van der Waals surface area contributed by atoms with Crippen LogP contribution in [0.5, 0.6) is 5.75 Å². The van der Waals surface area contributed by atoms with Gasteiger partial charge >= 0.3 is 8.80 Å². The van der Waals surface area contributed by atoms with Crippen molar-refractivity contribution >= 4 is 40.3 Å². The second-order valence-electron chi connectivity index (χ2n) is 6.49. The molecule has 0 aliphatic heterocycles. The summed E-state index contributed by atoms with van der Waals surface area (Å²) in [6, 6.07) is 14.2. The van der Waals surface area contributed by atoms with E-state index >= 15 is 0 Å². The van der Waals surface area contributed by atoms with Crippen LogP contribution in [0.15, 0.2) is 47.3 Å². The quantitative estimate of drug-likeness (QED) is 0.236. The summed E-state index contributed by atoms with van der Waals surface area (Å²) in [5.74, 6) is 0.631. The van der Waals surface area contributed by atoms with Crippen molar-refractivity contribution in [2.75, 3.05) is 26.4 Å². The second kappa shape index (κ2) is 10.3. The predicted octanol–water partition coefficient (Wildman–Crippen LogP) is 5.23. The van der Waals surface area contributed by atoms with Crippen molar-refractivity contribution in [3.8, 4) is 5.75 Å². The molecule has 0 saturated heterocycles. The summed E-state index contributed by atoms with van der Waals surface area (Å²) >= 11 is 1.61. The van der Waals surface area contributed by atoms with E-state index in [0.717, 1.165) is 21.2 Å². The van der Waals surface area contributed by atoms with E-state index in [-0.39, 0.29) is 5.43 Å². The van der Waals surface area contributed by atoms with Crippen LogP contribution < -0.4 is 10.2 Å². The molecule has 0 spiro atoms. The largest absolute Gasteiger partial charge is 0.501 e. The zero-order valence-corrected chi connectivity index (χ0v) is 19.1. The second-order valence-corrected chi connectivity index (χ2v) is 10.3. The van der Waals surface area contributed by atoms with Gasteiger partial charge in [-0.05, 0) is 51.5 Å². The van der Waals surface area contributed by atoms with Crippen LogP contribution in [-0.4, -0.2) is 35.2 Å². The standard InChI is InChI=1S/C22H28O5SSi/c1-4-25-29(26-5-2,27-6-3)16-10-15-24-18-12-9-14-20-21(18)22(23)17-11-7-8-13-19(17)28-20/h7-9,11-14H,4-6,10,15-16H2,1-3H3. The summed E-state index contributed by atoms with van der Waals surface area (Å²) in [6.45, 7) is 8.01. The molecular formula is C22H28O5SSi. The number of hydrogen-bond donors (Lipinski definition) is 0. The Hall–Kier alpha value is -1.77. The Balaban J connectivity index is 1.77. The minimum absolute atomic E-state index is 0.0200. The molecule has 0 fully saturated rings. The minimum atomic E-state index is -2.67. The van der Waals surface area contributed by atoms with E-state index in [9.17, 15) is 4.79 Å². The van der Waals surface area contributed by atoms with E-state index in [1.165, 1.54) is 0 Å². The highest BCUT2D eigenvalue weighted by atomic mass is 32.1. The molecule has 1 aromatic heterocycles. The fourth-order valence-corrected chi connectivity index (χ4v) is 7.08. The smallest absolute Gasteiger partial charge is 0.493 e. The Labute approximate surface area is 176 Å². The lowest BCUT2D eigenvalue weighted by molar-refractivity contribution is 0.0697. The van der Waals surface area contributed by atoms with Crippen LogP contribution in [0.2, 0.25) is 6.04 Å². The fourth-order valence-electron chi connectivity index (χ4n) is 3.41. The highest BCUT2D eigenvalue weighted by Crippen LogP contribution is 2.30. The highest BCUT2D eigenvalue weighted by molar-refractivity contribution is 7.24. The first-order valence-corrected chi connectivity index (χ1v) is 12.9. The van der Waals surface area contributed by atoms with Crippen LogP contribution >= 0.6 is 11.3 Å². The SMILES string of the molecule is CCO[Si](CCCOc1cccc2sc3ccccc3c(=O)c12)(OCC)OCC. The van der Waals surface area contributed by atoms with Crippen molar-refractivity contribution in [1.82, 2.24) is 0 Å². The Kier molecular flexibility index (Phi) is 7.80. The van der Waals surface area contributed by atoms with Gasteiger partial charge < -0.3 is 18.0 Å². The van der Waals surface area contributed by atoms with Gasteiger partial charge in [0.25, 0.3) is 0 Å². The third kappa shape index (κ3) is 5.05. The molecule has 0 aliphatic carbocycles. The van der Waals surface area contributed by atoms with Crippen LogP contribution in [0.25, 0.3) is 20.2 Å². The molecule has 0 aliphatic rings. The molecule has 1 heterocycles. The molecule has 156 valence electrons. The van der Waals surface area contributed by atoms with Gasteiger partial charge in [0, 0.05) is 40.7 Å². The Bertz CT molecular complexity index is 986. The van der Waals surface area contributed by atoms with Crippen molar-refractivity contribution < 1.29 is 18.0 Å². The first-order chi connectivity index (χ1) is 14.1. The molecule has 3 aromatic rings. The summed E-state index contributed by atoms with van der Waals surface area (Å²) in [4.78, 5) is 13.0. The molecule has 0 unspecified atom stereocenters. The van der Waals surface area contributed by atoms with Gasteiger partial charge in [0.05, 0.1) is 12.0 Å². The van der Waals surface area contributed by atoms with E-state index in [1.54, 1.807) is 11.3 Å². The highest BCUT2D eigenvalue weighted by Gasteiger charge is 2.39. The molecule has 5 nitrogen and oxygen atoms in total. The van der Waals surface area contributed by atoms with Gasteiger partial charge in [0.2, 0.25) is 0 Å². The molecule has 0 saturated carbocycles. The molecule has 29 heavy (non-hydrogen) atoms. The van der Waals surface area contributed by atoms with Crippen LogP contribution in [0.1, 0.15) is 27.2 Å². The molecule has 0 atom stereocenters. The summed E-state index contributed by atoms with van der Waals surface area (Å²) in [5.41, 5.74) is 0.0200. The Morgan fingerprint density at radius 3 is 2.21 bits per heavy atom. The van der Waals surface area contributed by atoms with Crippen LogP contribution in [0.4, 0.5) is 0 Å². The van der Waals surface area contributed by atoms with Crippen molar-refractivity contribution in [3.63, 3.8) is 0 Å². The van der Waals surface area contributed by atoms with Crippen LogP contribution in [0, 0.1) is 0 Å². The zero-order chi connectivity index (χ0) is 20.7. The number of ether oxygens (including phenoxy) is 1. The molecule has 0 bridgehead atoms. The Morgan fingerprint density at radius 1 is 0.862 bits per heavy atom. The fraction of sp³-hybridized carbons (Fsp3) is 0.409. The van der Waals surface area contributed by atoms with E-state index in [4.69, 9.17) is 18.0 Å². The number of benzene rings is 2. The maximum absolute atomic E-state index is 13.0. The van der Waals surface area contributed by atoms with Crippen LogP contribution in [0.3, 0.4) is 0 Å². The van der Waals surface area contributed by atoms with Crippen molar-refractivity contribution in [2.45, 2.75) is 33.2 Å². The topological polar surface area (TPSA) is 54.0 Å². The van der Waals surface area contributed by atoms with E-state index < -0.39 is 8.80 Å². The molecule has 0 amide bonds. The summed E-state index contributed by atoms with van der Waals surface area (Å²) in [6.07, 6.45) is 0.730. The molecule has 3 rings (SSSR count). The maximum Gasteiger partial charge on any atom is 0.501 e. The maximum atomic E-state index is 13.0. The van der Waals surface area contributed by atoms with Gasteiger partial charge in [-0.2, -0.15) is 0 Å². The third-order valence-corrected chi connectivity index (χ3v) is 8.83. The average Bonchev–Trinajstić information content (AvgIpc) is 2.72. The molecule has 2 aromatic carbocycles. The summed E-state index contributed by atoms with van der Waals surface area (Å²) < 4.78 is 25.6. The van der Waals surface area contributed by atoms with Gasteiger partial charge in [0.1, 0.15) is 5.75 Å². The normalized spacial score (nSPS) is 12.0. The summed E-state index contributed by atoms with van der Waals surface area (Å²) in [5, 5.41) is 1.38. The number of rotatable bonds is 11. The minimum Gasteiger partial charge on any atom is -0.493 e. The zero-order valence-electron chi connectivity index (χ0n) is 17.2. The van der Waals surface area contributed by atoms with Gasteiger partial charge in [-0.3, -0.25) is 4.79 Å². The van der Waals surface area contributed by atoms with Crippen LogP contribution in [-0.2, 0) is 13.3 Å². The number of hydrogen-bond acceptors (Lipinski definition) is 6. The first kappa shape index (κ1) is 21.9. The molecular weight excluding hydrogens is 404 g/mol. The van der Waals surface area contributed by atoms with Gasteiger partial charge in [-0.25, -0.2) is 0 Å². The van der Waals surface area contributed by atoms with Gasteiger partial charge in [-0.1, -0.05) is 18.2 Å². The third-order valence-electron chi connectivity index (χ3n) is 4.54.